The molecule has 1 aromatic rings. The largest absolute Gasteiger partial charge is 0.0866 e. The predicted octanol–water partition coefficient (Wildman–Crippen LogP) is 6.38. The minimum Gasteiger partial charge on any atom is -0.0866 e. The Morgan fingerprint density at radius 2 is 1.37 bits per heavy atom. The molecule has 0 saturated heterocycles. The van der Waals surface area contributed by atoms with Gasteiger partial charge in [0.25, 0.3) is 0 Å². The van der Waals surface area contributed by atoms with Crippen LogP contribution >= 0.6 is 0 Å². The fourth-order valence-electron chi connectivity index (χ4n) is 3.28. The van der Waals surface area contributed by atoms with Gasteiger partial charge in [-0.25, -0.2) is 0 Å². The summed E-state index contributed by atoms with van der Waals surface area (Å²) in [6, 6.07) is 16.6. The molecule has 1 rings (SSSR count). The lowest BCUT2D eigenvalue weighted by molar-refractivity contribution is 0.918. The van der Waals surface area contributed by atoms with Crippen LogP contribution in [0.2, 0.25) is 24.2 Å². The Balaban J connectivity index is 2.68. The van der Waals surface area contributed by atoms with E-state index in [-0.39, 0.29) is 0 Å². The number of rotatable bonds is 9. The number of allylic oxidation sites excluding steroid dienone is 1. The summed E-state index contributed by atoms with van der Waals surface area (Å²) in [6.07, 6.45) is 8.88. The lowest BCUT2D eigenvalue weighted by Gasteiger charge is -2.30. The molecule has 0 N–H and O–H groups in total. The summed E-state index contributed by atoms with van der Waals surface area (Å²) in [5.41, 5.74) is 1.34. The van der Waals surface area contributed by atoms with E-state index in [2.05, 4.69) is 63.3 Å². The van der Waals surface area contributed by atoms with Crippen LogP contribution in [0.4, 0.5) is 0 Å². The molecule has 0 atom stereocenters. The molecule has 19 heavy (non-hydrogen) atoms. The van der Waals surface area contributed by atoms with Gasteiger partial charge in [0.05, 0.1) is 8.07 Å². The molecule has 0 saturated carbocycles. The van der Waals surface area contributed by atoms with E-state index < -0.39 is 8.07 Å². The van der Waals surface area contributed by atoms with Crippen LogP contribution in [0.3, 0.4) is 0 Å². The van der Waals surface area contributed by atoms with E-state index in [0.29, 0.717) is 0 Å². The van der Waals surface area contributed by atoms with Crippen LogP contribution in [-0.2, 0) is 0 Å². The maximum Gasteiger partial charge on any atom is 0.0573 e. The molecule has 106 valence electrons. The molecule has 0 aliphatic carbocycles. The minimum absolute atomic E-state index is 1.04. The van der Waals surface area contributed by atoms with Gasteiger partial charge in [-0.2, -0.15) is 0 Å². The van der Waals surface area contributed by atoms with E-state index in [1.54, 1.807) is 0 Å². The lowest BCUT2D eigenvalue weighted by Crippen LogP contribution is -2.32. The fourth-order valence-corrected chi connectivity index (χ4v) is 8.44. The Morgan fingerprint density at radius 3 is 1.84 bits per heavy atom. The van der Waals surface area contributed by atoms with Crippen molar-refractivity contribution in [2.75, 3.05) is 0 Å². The van der Waals surface area contributed by atoms with Crippen LogP contribution in [0.1, 0.15) is 45.6 Å². The zero-order chi connectivity index (χ0) is 14.0. The molecule has 0 radical (unpaired) electrons. The highest BCUT2D eigenvalue weighted by molar-refractivity contribution is 6.80. The van der Waals surface area contributed by atoms with Gasteiger partial charge in [-0.3, -0.25) is 0 Å². The van der Waals surface area contributed by atoms with Gasteiger partial charge in [-0.15, -0.1) is 0 Å². The summed E-state index contributed by atoms with van der Waals surface area (Å²) in [5, 5.41) is 0. The zero-order valence-electron chi connectivity index (χ0n) is 13.0. The zero-order valence-corrected chi connectivity index (χ0v) is 14.0. The summed E-state index contributed by atoms with van der Waals surface area (Å²) < 4.78 is 0. The lowest BCUT2D eigenvalue weighted by atomic mass is 10.2. The fraction of sp³-hybridized carbons (Fsp3) is 0.556. The van der Waals surface area contributed by atoms with E-state index in [1.165, 1.54) is 49.0 Å². The van der Waals surface area contributed by atoms with E-state index in [9.17, 15) is 0 Å². The molecule has 0 heterocycles. The van der Waals surface area contributed by atoms with Gasteiger partial charge < -0.3 is 0 Å². The molecular formula is C18H30Si. The Labute approximate surface area is 121 Å². The summed E-state index contributed by atoms with van der Waals surface area (Å²) >= 11 is 0. The molecule has 1 heteroatoms. The van der Waals surface area contributed by atoms with Gasteiger partial charge in [-0.05, 0) is 11.6 Å². The molecule has 0 aromatic heterocycles. The highest BCUT2D eigenvalue weighted by Gasteiger charge is 2.28. The molecule has 0 aliphatic heterocycles. The number of benzene rings is 1. The maximum absolute atomic E-state index is 2.46. The summed E-state index contributed by atoms with van der Waals surface area (Å²) in [7, 11) is -1.04. The van der Waals surface area contributed by atoms with Crippen molar-refractivity contribution in [2.24, 2.45) is 0 Å². The Hall–Kier alpha value is -0.823. The molecule has 0 fully saturated rings. The van der Waals surface area contributed by atoms with Crippen molar-refractivity contribution in [3.63, 3.8) is 0 Å². The molecule has 0 spiro atoms. The van der Waals surface area contributed by atoms with Crippen LogP contribution < -0.4 is 0 Å². The van der Waals surface area contributed by atoms with E-state index >= 15 is 0 Å². The monoisotopic (exact) mass is 274 g/mol. The quantitative estimate of drug-likeness (QED) is 0.458. The Kier molecular flexibility index (Phi) is 7.81. The third kappa shape index (κ3) is 5.77. The molecule has 0 bridgehead atoms. The molecule has 1 aromatic carbocycles. The first-order chi connectivity index (χ1) is 9.26. The highest BCUT2D eigenvalue weighted by Crippen LogP contribution is 2.30. The second-order valence-corrected chi connectivity index (χ2v) is 10.7. The van der Waals surface area contributed by atoms with Gasteiger partial charge in [0.1, 0.15) is 0 Å². The van der Waals surface area contributed by atoms with Crippen molar-refractivity contribution < 1.29 is 0 Å². The van der Waals surface area contributed by atoms with Crippen LogP contribution in [0.25, 0.3) is 6.08 Å². The topological polar surface area (TPSA) is 0 Å². The minimum atomic E-state index is -1.04. The molecule has 0 aliphatic rings. The van der Waals surface area contributed by atoms with Crippen molar-refractivity contribution >= 4 is 14.1 Å². The molecule has 0 unspecified atom stereocenters. The standard InChI is InChI=1S/C18H30Si/c1-4-14-19(15-5-2,16-6-3)17-10-13-18-11-8-7-9-12-18/h7-13H,4-6,14-17H2,1-3H3/b13-10+. The maximum atomic E-state index is 2.46. The van der Waals surface area contributed by atoms with Crippen molar-refractivity contribution in [3.8, 4) is 0 Å². The Bertz CT molecular complexity index is 336. The molecular weight excluding hydrogens is 244 g/mol. The van der Waals surface area contributed by atoms with Gasteiger partial charge in [0.15, 0.2) is 0 Å². The number of hydrogen-bond donors (Lipinski definition) is 0. The number of hydrogen-bond acceptors (Lipinski definition) is 0. The van der Waals surface area contributed by atoms with Gasteiger partial charge >= 0.3 is 0 Å². The SMILES string of the molecule is CCC[Si](C/C=C/c1ccccc1)(CCC)CCC. The van der Waals surface area contributed by atoms with Crippen LogP contribution in [-0.4, -0.2) is 8.07 Å². The van der Waals surface area contributed by atoms with Crippen molar-refractivity contribution in [1.29, 1.82) is 0 Å². The molecule has 0 nitrogen and oxygen atoms in total. The average molecular weight is 275 g/mol. The van der Waals surface area contributed by atoms with E-state index in [0.717, 1.165) is 0 Å². The summed E-state index contributed by atoms with van der Waals surface area (Å²) in [5.74, 6) is 0. The second-order valence-electron chi connectivity index (χ2n) is 5.77. The first-order valence-electron chi connectivity index (χ1n) is 7.98. The van der Waals surface area contributed by atoms with E-state index in [1.807, 2.05) is 0 Å². The highest BCUT2D eigenvalue weighted by atomic mass is 28.3. The van der Waals surface area contributed by atoms with Crippen molar-refractivity contribution in [1.82, 2.24) is 0 Å². The van der Waals surface area contributed by atoms with Gasteiger partial charge in [-0.1, -0.05) is 101 Å². The van der Waals surface area contributed by atoms with E-state index in [4.69, 9.17) is 0 Å². The van der Waals surface area contributed by atoms with Gasteiger partial charge in [0.2, 0.25) is 0 Å². The molecule has 0 amide bonds. The predicted molar refractivity (Wildman–Crippen MR) is 91.3 cm³/mol. The first kappa shape index (κ1) is 16.2. The van der Waals surface area contributed by atoms with Crippen molar-refractivity contribution in [2.45, 2.75) is 64.2 Å². The van der Waals surface area contributed by atoms with Crippen LogP contribution in [0, 0.1) is 0 Å². The van der Waals surface area contributed by atoms with Crippen LogP contribution in [0.15, 0.2) is 36.4 Å². The summed E-state index contributed by atoms with van der Waals surface area (Å²) in [6.45, 7) is 7.07. The smallest absolute Gasteiger partial charge is 0.0573 e. The Morgan fingerprint density at radius 1 is 0.842 bits per heavy atom. The summed E-state index contributed by atoms with van der Waals surface area (Å²) in [4.78, 5) is 0. The first-order valence-corrected chi connectivity index (χ1v) is 10.8. The average Bonchev–Trinajstić information content (AvgIpc) is 2.41. The third-order valence-electron chi connectivity index (χ3n) is 4.00. The van der Waals surface area contributed by atoms with Gasteiger partial charge in [0, 0.05) is 0 Å². The van der Waals surface area contributed by atoms with Crippen molar-refractivity contribution in [3.05, 3.63) is 42.0 Å². The normalized spacial score (nSPS) is 12.2. The third-order valence-corrected chi connectivity index (χ3v) is 9.79. The van der Waals surface area contributed by atoms with Crippen LogP contribution in [0.5, 0.6) is 0 Å². The second kappa shape index (κ2) is 9.14.